The van der Waals surface area contributed by atoms with Crippen molar-refractivity contribution >= 4 is 5.91 Å². The molecule has 0 aromatic rings. The largest absolute Gasteiger partial charge is 0.401 e. The Morgan fingerprint density at radius 2 is 2.11 bits per heavy atom. The summed E-state index contributed by atoms with van der Waals surface area (Å²) in [6.45, 7) is 3.50. The Morgan fingerprint density at radius 1 is 1.47 bits per heavy atom. The van der Waals surface area contributed by atoms with Gasteiger partial charge in [0, 0.05) is 6.04 Å². The quantitative estimate of drug-likeness (QED) is 0.770. The Hall–Kier alpha value is -0.820. The first-order valence-corrected chi connectivity index (χ1v) is 6.60. The molecule has 19 heavy (non-hydrogen) atoms. The molecule has 2 atom stereocenters. The first kappa shape index (κ1) is 16.2. The smallest absolute Gasteiger partial charge is 0.368 e. The Labute approximate surface area is 111 Å². The number of nitrogens with zero attached hydrogens (tertiary/aromatic N) is 1. The average molecular weight is 281 g/mol. The van der Waals surface area contributed by atoms with Crippen LogP contribution in [0.2, 0.25) is 0 Å². The van der Waals surface area contributed by atoms with E-state index in [9.17, 15) is 18.0 Å². The van der Waals surface area contributed by atoms with E-state index in [-0.39, 0.29) is 6.04 Å². The van der Waals surface area contributed by atoms with Gasteiger partial charge in [-0.1, -0.05) is 13.8 Å². The molecule has 112 valence electrons. The van der Waals surface area contributed by atoms with Gasteiger partial charge in [0.1, 0.15) is 0 Å². The van der Waals surface area contributed by atoms with Crippen molar-refractivity contribution in [3.63, 3.8) is 0 Å². The fraction of sp³-hybridized carbons (Fsp3) is 0.917. The van der Waals surface area contributed by atoms with Gasteiger partial charge in [-0.2, -0.15) is 13.2 Å². The van der Waals surface area contributed by atoms with Crippen molar-refractivity contribution in [2.24, 2.45) is 5.73 Å². The number of alkyl halides is 3. The SMILES string of the molecule is CCNC1(C(N)=O)CCC(N(CC)CC(F)(F)F)C1. The van der Waals surface area contributed by atoms with Crippen LogP contribution in [0.25, 0.3) is 0 Å². The third-order valence-electron chi connectivity index (χ3n) is 3.78. The van der Waals surface area contributed by atoms with Gasteiger partial charge in [-0.05, 0) is 32.4 Å². The lowest BCUT2D eigenvalue weighted by Crippen LogP contribution is -2.54. The highest BCUT2D eigenvalue weighted by Crippen LogP contribution is 2.34. The van der Waals surface area contributed by atoms with Gasteiger partial charge in [-0.3, -0.25) is 9.69 Å². The van der Waals surface area contributed by atoms with Gasteiger partial charge in [0.25, 0.3) is 0 Å². The van der Waals surface area contributed by atoms with E-state index in [1.807, 2.05) is 6.92 Å². The summed E-state index contributed by atoms with van der Waals surface area (Å²) in [6.07, 6.45) is -2.82. The fourth-order valence-corrected chi connectivity index (χ4v) is 2.87. The molecular weight excluding hydrogens is 259 g/mol. The zero-order valence-corrected chi connectivity index (χ0v) is 11.4. The molecule has 0 heterocycles. The summed E-state index contributed by atoms with van der Waals surface area (Å²) in [6, 6.07) is -0.252. The molecule has 0 spiro atoms. The predicted octanol–water partition coefficient (Wildman–Crippen LogP) is 1.26. The summed E-state index contributed by atoms with van der Waals surface area (Å²) < 4.78 is 37.5. The number of rotatable bonds is 6. The highest BCUT2D eigenvalue weighted by molar-refractivity contribution is 5.85. The molecule has 0 bridgehead atoms. The second-order valence-electron chi connectivity index (χ2n) is 5.05. The number of carbonyl (C=O) groups is 1. The van der Waals surface area contributed by atoms with Crippen LogP contribution in [-0.4, -0.2) is 48.2 Å². The maximum absolute atomic E-state index is 12.5. The molecule has 0 aromatic carbocycles. The van der Waals surface area contributed by atoms with Crippen LogP contribution < -0.4 is 11.1 Å². The topological polar surface area (TPSA) is 58.4 Å². The normalized spacial score (nSPS) is 28.0. The number of hydrogen-bond donors (Lipinski definition) is 2. The molecule has 3 N–H and O–H groups in total. The molecule has 2 unspecified atom stereocenters. The van der Waals surface area contributed by atoms with Crippen LogP contribution >= 0.6 is 0 Å². The number of primary amides is 1. The molecule has 1 rings (SSSR count). The summed E-state index contributed by atoms with van der Waals surface area (Å²) in [5.74, 6) is -0.472. The molecule has 7 heteroatoms. The third-order valence-corrected chi connectivity index (χ3v) is 3.78. The lowest BCUT2D eigenvalue weighted by atomic mass is 9.96. The van der Waals surface area contributed by atoms with Crippen LogP contribution in [0.3, 0.4) is 0 Å². The standard InChI is InChI=1S/C12H22F3N3O/c1-3-17-11(10(16)19)6-5-9(7-11)18(4-2)8-12(13,14)15/h9,17H,3-8H2,1-2H3,(H2,16,19). The second-order valence-corrected chi connectivity index (χ2v) is 5.05. The van der Waals surface area contributed by atoms with Crippen LogP contribution in [0.4, 0.5) is 13.2 Å². The van der Waals surface area contributed by atoms with Crippen LogP contribution in [0.15, 0.2) is 0 Å². The average Bonchev–Trinajstić information content (AvgIpc) is 2.71. The number of nitrogens with one attached hydrogen (secondary N) is 1. The van der Waals surface area contributed by atoms with Crippen LogP contribution in [-0.2, 0) is 4.79 Å². The number of carbonyl (C=O) groups excluding carboxylic acids is 1. The van der Waals surface area contributed by atoms with Gasteiger partial charge < -0.3 is 11.1 Å². The highest BCUT2D eigenvalue weighted by atomic mass is 19.4. The zero-order chi connectivity index (χ0) is 14.7. The van der Waals surface area contributed by atoms with Gasteiger partial charge in [0.05, 0.1) is 12.1 Å². The minimum Gasteiger partial charge on any atom is -0.368 e. The van der Waals surface area contributed by atoms with Gasteiger partial charge in [0.2, 0.25) is 5.91 Å². The van der Waals surface area contributed by atoms with E-state index >= 15 is 0 Å². The minimum absolute atomic E-state index is 0.252. The number of amides is 1. The number of likely N-dealkylation sites (N-methyl/N-ethyl adjacent to an activating group) is 1. The molecule has 0 radical (unpaired) electrons. The van der Waals surface area contributed by atoms with E-state index in [0.29, 0.717) is 32.4 Å². The number of nitrogens with two attached hydrogens (primary N) is 1. The van der Waals surface area contributed by atoms with E-state index in [1.165, 1.54) is 4.90 Å². The first-order valence-electron chi connectivity index (χ1n) is 6.60. The van der Waals surface area contributed by atoms with Crippen molar-refractivity contribution in [3.05, 3.63) is 0 Å². The summed E-state index contributed by atoms with van der Waals surface area (Å²) >= 11 is 0. The number of halogens is 3. The van der Waals surface area contributed by atoms with Crippen LogP contribution in [0.5, 0.6) is 0 Å². The van der Waals surface area contributed by atoms with E-state index < -0.39 is 24.2 Å². The predicted molar refractivity (Wildman–Crippen MR) is 66.5 cm³/mol. The van der Waals surface area contributed by atoms with Gasteiger partial charge in [0.15, 0.2) is 0 Å². The van der Waals surface area contributed by atoms with Crippen molar-refractivity contribution in [1.82, 2.24) is 10.2 Å². The molecule has 0 saturated heterocycles. The Kier molecular flexibility index (Phi) is 5.20. The molecular formula is C12H22F3N3O. The Morgan fingerprint density at radius 3 is 2.53 bits per heavy atom. The lowest BCUT2D eigenvalue weighted by Gasteiger charge is -2.31. The molecule has 1 aliphatic rings. The number of hydrogen-bond acceptors (Lipinski definition) is 3. The second kappa shape index (κ2) is 6.09. The minimum atomic E-state index is -4.22. The maximum Gasteiger partial charge on any atom is 0.401 e. The molecule has 1 amide bonds. The van der Waals surface area contributed by atoms with Crippen LogP contribution in [0, 0.1) is 0 Å². The summed E-state index contributed by atoms with van der Waals surface area (Å²) in [4.78, 5) is 13.0. The molecule has 1 aliphatic carbocycles. The van der Waals surface area contributed by atoms with Crippen molar-refractivity contribution in [2.75, 3.05) is 19.6 Å². The van der Waals surface area contributed by atoms with E-state index in [2.05, 4.69) is 5.32 Å². The highest BCUT2D eigenvalue weighted by Gasteiger charge is 2.46. The summed E-state index contributed by atoms with van der Waals surface area (Å²) in [7, 11) is 0. The van der Waals surface area contributed by atoms with E-state index in [0.717, 1.165) is 0 Å². The lowest BCUT2D eigenvalue weighted by molar-refractivity contribution is -0.150. The van der Waals surface area contributed by atoms with Gasteiger partial charge >= 0.3 is 6.18 Å². The summed E-state index contributed by atoms with van der Waals surface area (Å²) in [5, 5.41) is 3.05. The monoisotopic (exact) mass is 281 g/mol. The van der Waals surface area contributed by atoms with Crippen molar-refractivity contribution in [3.8, 4) is 0 Å². The van der Waals surface area contributed by atoms with E-state index in [1.54, 1.807) is 6.92 Å². The van der Waals surface area contributed by atoms with E-state index in [4.69, 9.17) is 5.73 Å². The maximum atomic E-state index is 12.5. The third kappa shape index (κ3) is 4.07. The van der Waals surface area contributed by atoms with Crippen molar-refractivity contribution in [1.29, 1.82) is 0 Å². The van der Waals surface area contributed by atoms with Crippen molar-refractivity contribution in [2.45, 2.75) is 50.9 Å². The summed E-state index contributed by atoms with van der Waals surface area (Å²) in [5.41, 5.74) is 4.56. The van der Waals surface area contributed by atoms with Gasteiger partial charge in [-0.15, -0.1) is 0 Å². The molecule has 1 saturated carbocycles. The zero-order valence-electron chi connectivity index (χ0n) is 11.4. The molecule has 0 aromatic heterocycles. The van der Waals surface area contributed by atoms with Crippen LogP contribution in [0.1, 0.15) is 33.1 Å². The molecule has 1 fully saturated rings. The Balaban J connectivity index is 2.74. The van der Waals surface area contributed by atoms with Crippen molar-refractivity contribution < 1.29 is 18.0 Å². The van der Waals surface area contributed by atoms with Gasteiger partial charge in [-0.25, -0.2) is 0 Å². The Bertz CT molecular complexity index is 322. The fourth-order valence-electron chi connectivity index (χ4n) is 2.87. The first-order chi connectivity index (χ1) is 8.74. The molecule has 4 nitrogen and oxygen atoms in total. The molecule has 0 aliphatic heterocycles.